The molecule has 0 N–H and O–H groups in total. The van der Waals surface area contributed by atoms with E-state index in [4.69, 9.17) is 9.47 Å². The lowest BCUT2D eigenvalue weighted by Gasteiger charge is -2.14. The maximum absolute atomic E-state index is 11.6. The van der Waals surface area contributed by atoms with Crippen LogP contribution in [0.4, 0.5) is 0 Å². The van der Waals surface area contributed by atoms with Crippen LogP contribution in [0.1, 0.15) is 31.1 Å². The van der Waals surface area contributed by atoms with Gasteiger partial charge in [0.1, 0.15) is 11.3 Å². The number of benzene rings is 1. The summed E-state index contributed by atoms with van der Waals surface area (Å²) in [6, 6.07) is 6.72. The van der Waals surface area contributed by atoms with Gasteiger partial charge in [-0.3, -0.25) is 4.79 Å². The van der Waals surface area contributed by atoms with Gasteiger partial charge in [0.05, 0.1) is 6.61 Å². The highest BCUT2D eigenvalue weighted by Gasteiger charge is 2.16. The maximum atomic E-state index is 11.6. The van der Waals surface area contributed by atoms with E-state index in [2.05, 4.69) is 0 Å². The summed E-state index contributed by atoms with van der Waals surface area (Å²) in [5.41, 5.74) is 0.336. The molecular formula is C13H16O4. The normalized spacial score (nSPS) is 11.7. The largest absolute Gasteiger partial charge is 0.482 e. The second kappa shape index (κ2) is 6.03. The van der Waals surface area contributed by atoms with Crippen LogP contribution in [0.15, 0.2) is 24.3 Å². The molecule has 92 valence electrons. The summed E-state index contributed by atoms with van der Waals surface area (Å²) < 4.78 is 10.3. The predicted molar refractivity (Wildman–Crippen MR) is 63.2 cm³/mol. The maximum Gasteiger partial charge on any atom is 0.341 e. The summed E-state index contributed by atoms with van der Waals surface area (Å²) in [6.07, 6.45) is -0.578. The van der Waals surface area contributed by atoms with Crippen molar-refractivity contribution in [1.29, 1.82) is 0 Å². The molecule has 0 aliphatic heterocycles. The van der Waals surface area contributed by atoms with Gasteiger partial charge in [0.25, 0.3) is 0 Å². The van der Waals surface area contributed by atoms with E-state index in [0.717, 1.165) is 0 Å². The van der Waals surface area contributed by atoms with Crippen LogP contribution < -0.4 is 4.74 Å². The standard InChI is InChI=1S/C13H16O4/c1-4-16-13(15)11-7-5-6-8-12(11)17-10(3)9(2)14/h5-8,10H,4H2,1-3H3. The van der Waals surface area contributed by atoms with Crippen LogP contribution in [0.3, 0.4) is 0 Å². The van der Waals surface area contributed by atoms with Gasteiger partial charge < -0.3 is 9.47 Å². The molecule has 0 saturated carbocycles. The summed E-state index contributed by atoms with van der Waals surface area (Å²) in [6.45, 7) is 5.12. The molecule has 1 aromatic carbocycles. The van der Waals surface area contributed by atoms with E-state index in [1.54, 1.807) is 38.1 Å². The average Bonchev–Trinajstić information content (AvgIpc) is 2.29. The molecule has 0 aliphatic carbocycles. The first-order valence-corrected chi connectivity index (χ1v) is 5.49. The molecule has 4 nitrogen and oxygen atoms in total. The van der Waals surface area contributed by atoms with Crippen LogP contribution in [0.5, 0.6) is 5.75 Å². The minimum Gasteiger partial charge on any atom is -0.482 e. The van der Waals surface area contributed by atoms with Gasteiger partial charge in [0.2, 0.25) is 0 Å². The van der Waals surface area contributed by atoms with E-state index in [1.165, 1.54) is 6.92 Å². The first-order chi connectivity index (χ1) is 8.06. The van der Waals surface area contributed by atoms with Gasteiger partial charge in [0.15, 0.2) is 11.9 Å². The summed E-state index contributed by atoms with van der Waals surface area (Å²) in [5, 5.41) is 0. The van der Waals surface area contributed by atoms with Gasteiger partial charge in [-0.05, 0) is 32.9 Å². The highest BCUT2D eigenvalue weighted by molar-refractivity contribution is 5.92. The Kier molecular flexibility index (Phi) is 4.69. The lowest BCUT2D eigenvalue weighted by molar-refractivity contribution is -0.122. The molecular weight excluding hydrogens is 220 g/mol. The molecule has 0 fully saturated rings. The van der Waals surface area contributed by atoms with Crippen molar-refractivity contribution in [1.82, 2.24) is 0 Å². The van der Waals surface area contributed by atoms with Gasteiger partial charge >= 0.3 is 5.97 Å². The Bertz CT molecular complexity index is 412. The van der Waals surface area contributed by atoms with E-state index in [0.29, 0.717) is 17.9 Å². The van der Waals surface area contributed by atoms with Crippen molar-refractivity contribution < 1.29 is 19.1 Å². The van der Waals surface area contributed by atoms with Crippen molar-refractivity contribution in [2.45, 2.75) is 26.9 Å². The van der Waals surface area contributed by atoms with E-state index in [1.807, 2.05) is 0 Å². The van der Waals surface area contributed by atoms with Crippen molar-refractivity contribution in [2.75, 3.05) is 6.61 Å². The van der Waals surface area contributed by atoms with Crippen molar-refractivity contribution in [3.05, 3.63) is 29.8 Å². The number of esters is 1. The second-order valence-electron chi connectivity index (χ2n) is 3.59. The van der Waals surface area contributed by atoms with Crippen LogP contribution >= 0.6 is 0 Å². The van der Waals surface area contributed by atoms with Crippen molar-refractivity contribution in [3.8, 4) is 5.75 Å². The first kappa shape index (κ1) is 13.2. The number of hydrogen-bond acceptors (Lipinski definition) is 4. The zero-order valence-electron chi connectivity index (χ0n) is 10.2. The fourth-order valence-electron chi connectivity index (χ4n) is 1.22. The molecule has 1 rings (SSSR count). The molecule has 0 aromatic heterocycles. The first-order valence-electron chi connectivity index (χ1n) is 5.49. The molecule has 0 radical (unpaired) electrons. The average molecular weight is 236 g/mol. The third-order valence-electron chi connectivity index (χ3n) is 2.26. The van der Waals surface area contributed by atoms with Gasteiger partial charge in [-0.15, -0.1) is 0 Å². The minimum atomic E-state index is -0.578. The minimum absolute atomic E-state index is 0.0938. The van der Waals surface area contributed by atoms with Crippen LogP contribution in [-0.4, -0.2) is 24.5 Å². The molecule has 1 aromatic rings. The summed E-state index contributed by atoms with van der Waals surface area (Å²) in [4.78, 5) is 22.7. The molecule has 0 saturated heterocycles. The smallest absolute Gasteiger partial charge is 0.341 e. The number of carbonyl (C=O) groups is 2. The number of carbonyl (C=O) groups excluding carboxylic acids is 2. The van der Waals surface area contributed by atoms with E-state index in [-0.39, 0.29) is 5.78 Å². The molecule has 0 heterocycles. The van der Waals surface area contributed by atoms with Crippen LogP contribution in [0, 0.1) is 0 Å². The molecule has 0 spiro atoms. The zero-order valence-corrected chi connectivity index (χ0v) is 10.2. The van der Waals surface area contributed by atoms with Crippen molar-refractivity contribution in [3.63, 3.8) is 0 Å². The molecule has 4 heteroatoms. The monoisotopic (exact) mass is 236 g/mol. The van der Waals surface area contributed by atoms with Crippen LogP contribution in [0.2, 0.25) is 0 Å². The molecule has 1 atom stereocenters. The molecule has 17 heavy (non-hydrogen) atoms. The van der Waals surface area contributed by atoms with Crippen LogP contribution in [0.25, 0.3) is 0 Å². The lowest BCUT2D eigenvalue weighted by atomic mass is 10.2. The summed E-state index contributed by atoms with van der Waals surface area (Å²) in [7, 11) is 0. The lowest BCUT2D eigenvalue weighted by Crippen LogP contribution is -2.22. The highest BCUT2D eigenvalue weighted by atomic mass is 16.5. The third-order valence-corrected chi connectivity index (χ3v) is 2.26. The second-order valence-corrected chi connectivity index (χ2v) is 3.59. The quantitative estimate of drug-likeness (QED) is 0.735. The number of para-hydroxylation sites is 1. The number of hydrogen-bond donors (Lipinski definition) is 0. The Morgan fingerprint density at radius 3 is 2.53 bits per heavy atom. The topological polar surface area (TPSA) is 52.6 Å². The van der Waals surface area contributed by atoms with Gasteiger partial charge in [-0.1, -0.05) is 12.1 Å². The number of ether oxygens (including phenoxy) is 2. The Balaban J connectivity index is 2.91. The number of rotatable bonds is 5. The molecule has 0 amide bonds. The Labute approximate surface area is 101 Å². The summed E-state index contributed by atoms with van der Waals surface area (Å²) in [5.74, 6) is -0.170. The zero-order chi connectivity index (χ0) is 12.8. The Hall–Kier alpha value is -1.84. The van der Waals surface area contributed by atoms with E-state index in [9.17, 15) is 9.59 Å². The van der Waals surface area contributed by atoms with Gasteiger partial charge in [0, 0.05) is 0 Å². The highest BCUT2D eigenvalue weighted by Crippen LogP contribution is 2.20. The molecule has 0 aliphatic rings. The van der Waals surface area contributed by atoms with Crippen LogP contribution in [-0.2, 0) is 9.53 Å². The number of Topliss-reactive ketones (excluding diaryl/α,β-unsaturated/α-hetero) is 1. The van der Waals surface area contributed by atoms with Crippen molar-refractivity contribution in [2.24, 2.45) is 0 Å². The summed E-state index contributed by atoms with van der Waals surface area (Å²) >= 11 is 0. The van der Waals surface area contributed by atoms with E-state index < -0.39 is 12.1 Å². The molecule has 0 bridgehead atoms. The number of ketones is 1. The SMILES string of the molecule is CCOC(=O)c1ccccc1OC(C)C(C)=O. The Morgan fingerprint density at radius 1 is 1.29 bits per heavy atom. The van der Waals surface area contributed by atoms with E-state index >= 15 is 0 Å². The molecule has 1 unspecified atom stereocenters. The predicted octanol–water partition coefficient (Wildman–Crippen LogP) is 2.22. The van der Waals surface area contributed by atoms with Gasteiger partial charge in [-0.2, -0.15) is 0 Å². The Morgan fingerprint density at radius 2 is 1.94 bits per heavy atom. The van der Waals surface area contributed by atoms with Crippen molar-refractivity contribution >= 4 is 11.8 Å². The fraction of sp³-hybridized carbons (Fsp3) is 0.385. The van der Waals surface area contributed by atoms with Gasteiger partial charge in [-0.25, -0.2) is 4.79 Å². The fourth-order valence-corrected chi connectivity index (χ4v) is 1.22. The third kappa shape index (κ3) is 3.59.